The van der Waals surface area contributed by atoms with Crippen molar-refractivity contribution in [3.63, 3.8) is 0 Å². The second-order valence-corrected chi connectivity index (χ2v) is 5.20. The predicted octanol–water partition coefficient (Wildman–Crippen LogP) is 2.81. The number of nitrogens with zero attached hydrogens (tertiary/aromatic N) is 2. The van der Waals surface area contributed by atoms with E-state index in [9.17, 15) is 0 Å². The Kier molecular flexibility index (Phi) is 4.94. The lowest BCUT2D eigenvalue weighted by Gasteiger charge is -2.25. The van der Waals surface area contributed by atoms with Gasteiger partial charge in [-0.25, -0.2) is 0 Å². The normalized spacial score (nSPS) is 14.9. The van der Waals surface area contributed by atoms with Crippen LogP contribution >= 0.6 is 0 Å². The molecule has 0 spiro atoms. The van der Waals surface area contributed by atoms with Crippen molar-refractivity contribution >= 4 is 0 Å². The molecular weight excluding hydrogens is 210 g/mol. The lowest BCUT2D eigenvalue weighted by Crippen LogP contribution is -2.32. The van der Waals surface area contributed by atoms with Gasteiger partial charge in [0.05, 0.1) is 5.69 Å². The minimum atomic E-state index is 0.0756. The van der Waals surface area contributed by atoms with Crippen molar-refractivity contribution in [2.45, 2.75) is 40.2 Å². The summed E-state index contributed by atoms with van der Waals surface area (Å²) in [5.41, 5.74) is 1.21. The van der Waals surface area contributed by atoms with Gasteiger partial charge in [0.1, 0.15) is 0 Å². The lowest BCUT2D eigenvalue weighted by atomic mass is 9.85. The van der Waals surface area contributed by atoms with Gasteiger partial charge in [0.25, 0.3) is 0 Å². The summed E-state index contributed by atoms with van der Waals surface area (Å²) in [6, 6.07) is 2.53. The van der Waals surface area contributed by atoms with Gasteiger partial charge in [0.15, 0.2) is 0 Å². The predicted molar refractivity (Wildman–Crippen MR) is 73.2 cm³/mol. The smallest absolute Gasteiger partial charge is 0.0633 e. The molecule has 1 unspecified atom stereocenters. The van der Waals surface area contributed by atoms with Crippen LogP contribution in [-0.4, -0.2) is 22.9 Å². The highest BCUT2D eigenvalue weighted by atomic mass is 15.3. The fraction of sp³-hybridized carbons (Fsp3) is 0.643. The molecule has 1 atom stereocenters. The van der Waals surface area contributed by atoms with Crippen molar-refractivity contribution in [1.29, 1.82) is 0 Å². The first-order valence-corrected chi connectivity index (χ1v) is 6.39. The van der Waals surface area contributed by atoms with Gasteiger partial charge in [-0.15, -0.1) is 6.58 Å². The van der Waals surface area contributed by atoms with Crippen molar-refractivity contribution in [3.05, 3.63) is 30.6 Å². The van der Waals surface area contributed by atoms with Crippen LogP contribution < -0.4 is 5.32 Å². The minimum absolute atomic E-state index is 0.0756. The number of aromatic nitrogens is 2. The number of rotatable bonds is 7. The van der Waals surface area contributed by atoms with Gasteiger partial charge < -0.3 is 5.32 Å². The summed E-state index contributed by atoms with van der Waals surface area (Å²) in [5.74, 6) is 0. The first kappa shape index (κ1) is 14.0. The van der Waals surface area contributed by atoms with Crippen LogP contribution in [0.5, 0.6) is 0 Å². The Morgan fingerprint density at radius 1 is 1.59 bits per heavy atom. The zero-order chi connectivity index (χ0) is 12.9. The number of hydrogen-bond donors (Lipinski definition) is 1. The standard InChI is InChI=1S/C14H25N3/c1-6-14(5,11-15-7-2)10-13-8-9-17(16-13)12(3)4/h6,8-9,12,15H,1,7,10-11H2,2-5H3. The van der Waals surface area contributed by atoms with E-state index in [1.807, 2.05) is 10.8 Å². The summed E-state index contributed by atoms with van der Waals surface area (Å²) in [6.07, 6.45) is 5.02. The van der Waals surface area contributed by atoms with Gasteiger partial charge in [-0.3, -0.25) is 4.68 Å². The molecule has 17 heavy (non-hydrogen) atoms. The fourth-order valence-corrected chi connectivity index (χ4v) is 1.79. The van der Waals surface area contributed by atoms with Crippen LogP contribution in [0.2, 0.25) is 0 Å². The van der Waals surface area contributed by atoms with E-state index in [1.54, 1.807) is 0 Å². The van der Waals surface area contributed by atoms with Crippen LogP contribution in [0.1, 0.15) is 39.4 Å². The van der Waals surface area contributed by atoms with E-state index in [2.05, 4.69) is 57.0 Å². The van der Waals surface area contributed by atoms with Crippen LogP contribution in [0.4, 0.5) is 0 Å². The molecule has 0 aliphatic carbocycles. The third-order valence-corrected chi connectivity index (χ3v) is 3.05. The maximum absolute atomic E-state index is 4.59. The molecule has 0 radical (unpaired) electrons. The average molecular weight is 235 g/mol. The summed E-state index contributed by atoms with van der Waals surface area (Å²) in [4.78, 5) is 0. The van der Waals surface area contributed by atoms with Crippen molar-refractivity contribution in [2.24, 2.45) is 5.41 Å². The second-order valence-electron chi connectivity index (χ2n) is 5.20. The Morgan fingerprint density at radius 2 is 2.29 bits per heavy atom. The quantitative estimate of drug-likeness (QED) is 0.737. The Labute approximate surface area is 105 Å². The van der Waals surface area contributed by atoms with Gasteiger partial charge in [0, 0.05) is 30.6 Å². The third kappa shape index (κ3) is 4.00. The molecule has 0 aliphatic heterocycles. The van der Waals surface area contributed by atoms with Gasteiger partial charge in [-0.05, 0) is 26.5 Å². The molecule has 0 bridgehead atoms. The summed E-state index contributed by atoms with van der Waals surface area (Å²) in [6.45, 7) is 14.5. The van der Waals surface area contributed by atoms with E-state index >= 15 is 0 Å². The first-order chi connectivity index (χ1) is 8.00. The van der Waals surface area contributed by atoms with E-state index in [0.717, 1.165) is 25.2 Å². The van der Waals surface area contributed by atoms with Crippen LogP contribution in [0, 0.1) is 5.41 Å². The summed E-state index contributed by atoms with van der Waals surface area (Å²) in [5, 5.41) is 7.98. The maximum atomic E-state index is 4.59. The van der Waals surface area contributed by atoms with Gasteiger partial charge >= 0.3 is 0 Å². The number of hydrogen-bond acceptors (Lipinski definition) is 2. The van der Waals surface area contributed by atoms with E-state index in [0.29, 0.717) is 6.04 Å². The van der Waals surface area contributed by atoms with Gasteiger partial charge in [-0.1, -0.05) is 19.9 Å². The van der Waals surface area contributed by atoms with Crippen LogP contribution in [0.25, 0.3) is 0 Å². The van der Waals surface area contributed by atoms with Crippen molar-refractivity contribution in [3.8, 4) is 0 Å². The zero-order valence-electron chi connectivity index (χ0n) is 11.5. The van der Waals surface area contributed by atoms with Gasteiger partial charge in [0.2, 0.25) is 0 Å². The highest BCUT2D eigenvalue weighted by Crippen LogP contribution is 2.22. The molecule has 96 valence electrons. The Bertz CT molecular complexity index is 354. The molecule has 1 aromatic rings. The fourth-order valence-electron chi connectivity index (χ4n) is 1.79. The SMILES string of the molecule is C=CC(C)(CNCC)Cc1ccn(C(C)C)n1. The largest absolute Gasteiger partial charge is 0.316 e. The van der Waals surface area contributed by atoms with E-state index in [-0.39, 0.29) is 5.41 Å². The monoisotopic (exact) mass is 235 g/mol. The van der Waals surface area contributed by atoms with Crippen LogP contribution in [0.3, 0.4) is 0 Å². The molecule has 0 aliphatic rings. The summed E-state index contributed by atoms with van der Waals surface area (Å²) < 4.78 is 2.01. The Hall–Kier alpha value is -1.09. The summed E-state index contributed by atoms with van der Waals surface area (Å²) in [7, 11) is 0. The van der Waals surface area contributed by atoms with Crippen molar-refractivity contribution < 1.29 is 0 Å². The molecule has 0 saturated heterocycles. The maximum Gasteiger partial charge on any atom is 0.0633 e. The highest BCUT2D eigenvalue weighted by Gasteiger charge is 2.21. The zero-order valence-corrected chi connectivity index (χ0v) is 11.5. The molecule has 0 saturated carbocycles. The van der Waals surface area contributed by atoms with Crippen molar-refractivity contribution in [1.82, 2.24) is 15.1 Å². The van der Waals surface area contributed by atoms with Crippen molar-refractivity contribution in [2.75, 3.05) is 13.1 Å². The lowest BCUT2D eigenvalue weighted by molar-refractivity contribution is 0.388. The van der Waals surface area contributed by atoms with Crippen LogP contribution in [-0.2, 0) is 6.42 Å². The molecule has 1 aromatic heterocycles. The molecule has 1 N–H and O–H groups in total. The topological polar surface area (TPSA) is 29.9 Å². The molecule has 0 aromatic carbocycles. The molecule has 1 heterocycles. The molecule has 1 rings (SSSR count). The minimum Gasteiger partial charge on any atom is -0.316 e. The molecular formula is C14H25N3. The molecule has 3 nitrogen and oxygen atoms in total. The van der Waals surface area contributed by atoms with E-state index in [4.69, 9.17) is 0 Å². The second kappa shape index (κ2) is 6.01. The first-order valence-electron chi connectivity index (χ1n) is 6.39. The highest BCUT2D eigenvalue weighted by molar-refractivity contribution is 5.07. The summed E-state index contributed by atoms with van der Waals surface area (Å²) >= 11 is 0. The molecule has 0 amide bonds. The number of nitrogens with one attached hydrogen (secondary N) is 1. The third-order valence-electron chi connectivity index (χ3n) is 3.05. The average Bonchev–Trinajstić information content (AvgIpc) is 2.75. The van der Waals surface area contributed by atoms with E-state index in [1.165, 1.54) is 0 Å². The Balaban J connectivity index is 2.69. The van der Waals surface area contributed by atoms with Gasteiger partial charge in [-0.2, -0.15) is 5.10 Å². The van der Waals surface area contributed by atoms with Crippen LogP contribution in [0.15, 0.2) is 24.9 Å². The Morgan fingerprint density at radius 3 is 2.76 bits per heavy atom. The van der Waals surface area contributed by atoms with E-state index < -0.39 is 0 Å². The molecule has 0 fully saturated rings. The molecule has 3 heteroatoms.